The minimum atomic E-state index is -1.07. The summed E-state index contributed by atoms with van der Waals surface area (Å²) >= 11 is 1.51. The highest BCUT2D eigenvalue weighted by molar-refractivity contribution is 7.13. The smallest absolute Gasteiger partial charge is 0.356 e. The molecule has 0 saturated carbocycles. The van der Waals surface area contributed by atoms with Crippen molar-refractivity contribution in [3.05, 3.63) is 47.6 Å². The minimum Gasteiger partial charge on any atom is -0.476 e. The van der Waals surface area contributed by atoms with Gasteiger partial charge in [0.1, 0.15) is 0 Å². The molecule has 0 bridgehead atoms. The quantitative estimate of drug-likeness (QED) is 0.789. The topological polar surface area (TPSA) is 80.9 Å². The third-order valence-electron chi connectivity index (χ3n) is 2.48. The first-order valence-electron chi connectivity index (χ1n) is 5.41. The van der Waals surface area contributed by atoms with E-state index in [0.717, 1.165) is 4.88 Å². The molecule has 0 amide bonds. The van der Waals surface area contributed by atoms with Crippen LogP contribution in [0, 0.1) is 0 Å². The second-order valence-electron chi connectivity index (χ2n) is 3.69. The molecule has 0 aliphatic carbocycles. The van der Waals surface area contributed by atoms with Crippen molar-refractivity contribution >= 4 is 17.3 Å². The van der Waals surface area contributed by atoms with E-state index in [4.69, 9.17) is 5.11 Å². The Morgan fingerprint density at radius 3 is 2.84 bits per heavy atom. The molecule has 0 atom stereocenters. The largest absolute Gasteiger partial charge is 0.476 e. The van der Waals surface area contributed by atoms with Gasteiger partial charge in [0.25, 0.3) is 0 Å². The fourth-order valence-corrected chi connectivity index (χ4v) is 2.39. The Morgan fingerprint density at radius 2 is 2.21 bits per heavy atom. The Hall–Kier alpha value is -2.54. The highest BCUT2D eigenvalue weighted by Crippen LogP contribution is 2.27. The summed E-state index contributed by atoms with van der Waals surface area (Å²) in [4.78, 5) is 12.0. The molecule has 0 aromatic carbocycles. The molecule has 1 N–H and O–H groups in total. The fraction of sp³-hybridized carbons (Fsp3) is 0. The number of rotatable bonds is 3. The number of carbonyl (C=O) groups is 1. The lowest BCUT2D eigenvalue weighted by Crippen LogP contribution is -2.04. The molecule has 0 radical (unpaired) electrons. The average Bonchev–Trinajstić information content (AvgIpc) is 3.08. The number of carboxylic acid groups (broad SMARTS) is 1. The van der Waals surface area contributed by atoms with Crippen LogP contribution in [0.25, 0.3) is 16.4 Å². The maximum Gasteiger partial charge on any atom is 0.356 e. The van der Waals surface area contributed by atoms with Gasteiger partial charge in [0.15, 0.2) is 11.5 Å². The first-order valence-corrected chi connectivity index (χ1v) is 6.29. The van der Waals surface area contributed by atoms with Gasteiger partial charge in [-0.15, -0.1) is 16.4 Å². The lowest BCUT2D eigenvalue weighted by molar-refractivity contribution is 0.0690. The van der Waals surface area contributed by atoms with Crippen LogP contribution < -0.4 is 0 Å². The van der Waals surface area contributed by atoms with E-state index in [1.807, 2.05) is 17.5 Å². The SMILES string of the molecule is O=C(O)c1cc(-c2cccs2)n(-c2cccnn2)n1. The van der Waals surface area contributed by atoms with Gasteiger partial charge in [-0.3, -0.25) is 0 Å². The highest BCUT2D eigenvalue weighted by Gasteiger charge is 2.17. The van der Waals surface area contributed by atoms with Crippen molar-refractivity contribution in [3.8, 4) is 16.4 Å². The van der Waals surface area contributed by atoms with Crippen LogP contribution in [0.2, 0.25) is 0 Å². The molecule has 0 aliphatic heterocycles. The van der Waals surface area contributed by atoms with Crippen molar-refractivity contribution < 1.29 is 9.90 Å². The van der Waals surface area contributed by atoms with E-state index < -0.39 is 5.97 Å². The Bertz CT molecular complexity index is 707. The third-order valence-corrected chi connectivity index (χ3v) is 3.37. The molecule has 6 nitrogen and oxygen atoms in total. The molecular weight excluding hydrogens is 264 g/mol. The number of aromatic carboxylic acids is 1. The molecule has 0 spiro atoms. The van der Waals surface area contributed by atoms with Gasteiger partial charge in [-0.1, -0.05) is 6.07 Å². The van der Waals surface area contributed by atoms with Crippen LogP contribution in [0.15, 0.2) is 41.9 Å². The van der Waals surface area contributed by atoms with E-state index in [2.05, 4.69) is 15.3 Å². The number of carboxylic acids is 1. The molecule has 3 aromatic rings. The normalized spacial score (nSPS) is 10.5. The lowest BCUT2D eigenvalue weighted by Gasteiger charge is -2.02. The maximum atomic E-state index is 11.1. The minimum absolute atomic E-state index is 0.0194. The van der Waals surface area contributed by atoms with Crippen LogP contribution in [-0.4, -0.2) is 31.1 Å². The monoisotopic (exact) mass is 272 g/mol. The molecule has 3 aromatic heterocycles. The Labute approximate surface area is 112 Å². The predicted molar refractivity (Wildman–Crippen MR) is 69.4 cm³/mol. The standard InChI is InChI=1S/C12H8N4O2S/c17-12(18)8-7-9(10-3-2-6-19-10)16(15-8)11-4-1-5-13-14-11/h1-7H,(H,17,18). The van der Waals surface area contributed by atoms with Crippen molar-refractivity contribution in [1.82, 2.24) is 20.0 Å². The summed E-state index contributed by atoms with van der Waals surface area (Å²) in [5.74, 6) is -0.584. The van der Waals surface area contributed by atoms with Crippen molar-refractivity contribution in [2.75, 3.05) is 0 Å². The Morgan fingerprint density at radius 1 is 1.32 bits per heavy atom. The zero-order valence-electron chi connectivity index (χ0n) is 9.59. The van der Waals surface area contributed by atoms with Gasteiger partial charge in [0.2, 0.25) is 0 Å². The van der Waals surface area contributed by atoms with Crippen LogP contribution in [0.5, 0.6) is 0 Å². The molecule has 0 aliphatic rings. The number of thiophene rings is 1. The molecule has 7 heteroatoms. The van der Waals surface area contributed by atoms with Crippen LogP contribution in [0.4, 0.5) is 0 Å². The predicted octanol–water partition coefficient (Wildman–Crippen LogP) is 2.09. The van der Waals surface area contributed by atoms with E-state index in [1.165, 1.54) is 22.1 Å². The summed E-state index contributed by atoms with van der Waals surface area (Å²) in [6.45, 7) is 0. The summed E-state index contributed by atoms with van der Waals surface area (Å²) < 4.78 is 1.49. The maximum absolute atomic E-state index is 11.1. The molecule has 0 saturated heterocycles. The van der Waals surface area contributed by atoms with Gasteiger partial charge in [-0.2, -0.15) is 10.2 Å². The zero-order chi connectivity index (χ0) is 13.2. The van der Waals surface area contributed by atoms with Gasteiger partial charge in [-0.05, 0) is 23.6 Å². The van der Waals surface area contributed by atoms with E-state index in [1.54, 1.807) is 18.3 Å². The van der Waals surface area contributed by atoms with Crippen molar-refractivity contribution in [2.24, 2.45) is 0 Å². The van der Waals surface area contributed by atoms with Gasteiger partial charge in [0.05, 0.1) is 10.6 Å². The van der Waals surface area contributed by atoms with Crippen LogP contribution in [0.3, 0.4) is 0 Å². The highest BCUT2D eigenvalue weighted by atomic mass is 32.1. The summed E-state index contributed by atoms with van der Waals surface area (Å²) in [5.41, 5.74) is 0.668. The van der Waals surface area contributed by atoms with Gasteiger partial charge >= 0.3 is 5.97 Å². The zero-order valence-corrected chi connectivity index (χ0v) is 10.4. The van der Waals surface area contributed by atoms with Crippen molar-refractivity contribution in [1.29, 1.82) is 0 Å². The molecule has 19 heavy (non-hydrogen) atoms. The average molecular weight is 272 g/mol. The summed E-state index contributed by atoms with van der Waals surface area (Å²) in [7, 11) is 0. The van der Waals surface area contributed by atoms with Gasteiger partial charge in [0, 0.05) is 12.3 Å². The van der Waals surface area contributed by atoms with Crippen molar-refractivity contribution in [3.63, 3.8) is 0 Å². The molecule has 94 valence electrons. The summed E-state index contributed by atoms with van der Waals surface area (Å²) in [5, 5.41) is 22.8. The second kappa shape index (κ2) is 4.62. The van der Waals surface area contributed by atoms with E-state index in [0.29, 0.717) is 11.5 Å². The number of hydrogen-bond acceptors (Lipinski definition) is 5. The van der Waals surface area contributed by atoms with Crippen LogP contribution in [-0.2, 0) is 0 Å². The Kier molecular flexibility index (Phi) is 2.81. The van der Waals surface area contributed by atoms with Gasteiger partial charge in [-0.25, -0.2) is 9.48 Å². The summed E-state index contributed by atoms with van der Waals surface area (Å²) in [6, 6.07) is 8.78. The molecular formula is C12H8N4O2S. The van der Waals surface area contributed by atoms with E-state index >= 15 is 0 Å². The summed E-state index contributed by atoms with van der Waals surface area (Å²) in [6.07, 6.45) is 1.55. The van der Waals surface area contributed by atoms with E-state index in [9.17, 15) is 4.79 Å². The Balaban J connectivity index is 2.20. The third kappa shape index (κ3) is 2.11. The number of nitrogens with zero attached hydrogens (tertiary/aromatic N) is 4. The molecule has 3 rings (SSSR count). The first-order chi connectivity index (χ1) is 9.25. The van der Waals surface area contributed by atoms with Crippen LogP contribution in [0.1, 0.15) is 10.5 Å². The first kappa shape index (κ1) is 11.5. The molecule has 0 fully saturated rings. The fourth-order valence-electron chi connectivity index (χ4n) is 1.67. The van der Waals surface area contributed by atoms with Crippen LogP contribution >= 0.6 is 11.3 Å². The number of hydrogen-bond donors (Lipinski definition) is 1. The van der Waals surface area contributed by atoms with Crippen molar-refractivity contribution in [2.45, 2.75) is 0 Å². The van der Waals surface area contributed by atoms with Gasteiger partial charge < -0.3 is 5.11 Å². The van der Waals surface area contributed by atoms with E-state index in [-0.39, 0.29) is 5.69 Å². The lowest BCUT2D eigenvalue weighted by atomic mass is 10.3. The molecule has 3 heterocycles. The second-order valence-corrected chi connectivity index (χ2v) is 4.64. The number of aromatic nitrogens is 4. The molecule has 0 unspecified atom stereocenters.